The molecule has 166 valence electrons. The van der Waals surface area contributed by atoms with Crippen molar-refractivity contribution >= 4 is 19.6 Å². The summed E-state index contributed by atoms with van der Waals surface area (Å²) >= 11 is 0. The third-order valence-electron chi connectivity index (χ3n) is 5.30. The molecule has 3 N–H and O–H groups in total. The number of nitrogens with zero attached hydrogens (tertiary/aromatic N) is 3. The molecule has 8 heteroatoms. The molecule has 0 radical (unpaired) electrons. The molecule has 0 saturated carbocycles. The minimum Gasteiger partial charge on any atom is -0.303 e. The van der Waals surface area contributed by atoms with Crippen LogP contribution in [0.2, 0.25) is 0 Å². The summed E-state index contributed by atoms with van der Waals surface area (Å²) < 4.78 is 8.88. The van der Waals surface area contributed by atoms with Gasteiger partial charge in [0.1, 0.15) is 0 Å². The smallest absolute Gasteiger partial charge is 0.303 e. The molecule has 2 aromatic rings. The van der Waals surface area contributed by atoms with Crippen molar-refractivity contribution < 1.29 is 19.2 Å². The normalized spacial score (nSPS) is 22.5. The number of fused-ring (bicyclic) bond motifs is 1. The molecular weight excluding hydrogens is 413 g/mol. The van der Waals surface area contributed by atoms with Crippen molar-refractivity contribution in [1.82, 2.24) is 9.91 Å². The minimum atomic E-state index is -4.64. The van der Waals surface area contributed by atoms with Crippen LogP contribution in [0.15, 0.2) is 71.3 Å². The van der Waals surface area contributed by atoms with Crippen molar-refractivity contribution in [2.45, 2.75) is 19.4 Å². The van der Waals surface area contributed by atoms with Gasteiger partial charge in [0, 0.05) is 25.6 Å². The number of hydrogen-bond acceptors (Lipinski definition) is 4. The number of hydrogen-bond donors (Lipinski definition) is 3. The second kappa shape index (κ2) is 10.4. The van der Waals surface area contributed by atoms with Crippen molar-refractivity contribution in [2.24, 2.45) is 11.0 Å². The average Bonchev–Trinajstić information content (AvgIpc) is 3.06. The molecule has 2 heterocycles. The van der Waals surface area contributed by atoms with Crippen LogP contribution in [0.1, 0.15) is 30.5 Å². The van der Waals surface area contributed by atoms with Crippen LogP contribution in [-0.2, 0) is 4.57 Å². The lowest BCUT2D eigenvalue weighted by Crippen LogP contribution is -2.41. The Balaban J connectivity index is 0.000000491. The minimum absolute atomic E-state index is 0.341. The van der Waals surface area contributed by atoms with Crippen LogP contribution in [0.5, 0.6) is 0 Å². The fourth-order valence-corrected chi connectivity index (χ4v) is 4.24. The van der Waals surface area contributed by atoms with Crippen LogP contribution in [0.4, 0.5) is 0 Å². The van der Waals surface area contributed by atoms with E-state index >= 15 is 0 Å². The summed E-state index contributed by atoms with van der Waals surface area (Å²) in [6.07, 6.45) is 3.43. The van der Waals surface area contributed by atoms with Crippen LogP contribution in [0.3, 0.4) is 0 Å². The average molecular weight is 443 g/mol. The second-order valence-electron chi connectivity index (χ2n) is 7.90. The number of hydrazone groups is 1. The lowest BCUT2D eigenvalue weighted by Gasteiger charge is -2.34. The van der Waals surface area contributed by atoms with E-state index in [-0.39, 0.29) is 0 Å². The molecular formula is C23H30N3O4P. The van der Waals surface area contributed by atoms with Gasteiger partial charge in [-0.3, -0.25) is 5.01 Å². The van der Waals surface area contributed by atoms with Crippen molar-refractivity contribution in [3.8, 4) is 0 Å². The topological polar surface area (TPSA) is 96.6 Å². The van der Waals surface area contributed by atoms with Gasteiger partial charge in [0.05, 0.1) is 11.8 Å². The van der Waals surface area contributed by atoms with Gasteiger partial charge in [-0.15, -0.1) is 0 Å². The van der Waals surface area contributed by atoms with Gasteiger partial charge in [-0.25, -0.2) is 4.57 Å². The fraction of sp³-hybridized carbons (Fsp3) is 0.348. The summed E-state index contributed by atoms with van der Waals surface area (Å²) in [7, 11) is -2.42. The summed E-state index contributed by atoms with van der Waals surface area (Å²) in [5.74, 6) is 0.428. The first-order valence-electron chi connectivity index (χ1n) is 10.4. The number of likely N-dealkylation sites (N-methyl/N-ethyl adjacent to an activating group) is 1. The number of phosphoric acid groups is 1. The Kier molecular flexibility index (Phi) is 7.81. The summed E-state index contributed by atoms with van der Waals surface area (Å²) in [5, 5.41) is 7.45. The fourth-order valence-electron chi connectivity index (χ4n) is 4.24. The van der Waals surface area contributed by atoms with E-state index in [0.29, 0.717) is 12.0 Å². The van der Waals surface area contributed by atoms with Crippen LogP contribution in [0.25, 0.3) is 6.08 Å². The number of piperidine rings is 1. The number of rotatable bonds is 4. The lowest BCUT2D eigenvalue weighted by atomic mass is 9.83. The Labute approximate surface area is 183 Å². The molecule has 2 aliphatic heterocycles. The van der Waals surface area contributed by atoms with E-state index in [2.05, 4.69) is 90.6 Å². The molecule has 0 spiro atoms. The third kappa shape index (κ3) is 6.60. The van der Waals surface area contributed by atoms with Crippen LogP contribution < -0.4 is 0 Å². The molecule has 2 aromatic carbocycles. The maximum Gasteiger partial charge on any atom is 0.466 e. The maximum absolute atomic E-state index is 8.88. The predicted octanol–water partition coefficient (Wildman–Crippen LogP) is 3.53. The van der Waals surface area contributed by atoms with Gasteiger partial charge in [-0.2, -0.15) is 5.10 Å². The Hall–Kier alpha value is -2.28. The van der Waals surface area contributed by atoms with Gasteiger partial charge in [0.15, 0.2) is 0 Å². The zero-order valence-corrected chi connectivity index (χ0v) is 18.8. The molecule has 31 heavy (non-hydrogen) atoms. The van der Waals surface area contributed by atoms with E-state index in [1.807, 2.05) is 0 Å². The Morgan fingerprint density at radius 1 is 1.06 bits per heavy atom. The molecule has 2 unspecified atom stereocenters. The van der Waals surface area contributed by atoms with E-state index in [9.17, 15) is 0 Å². The Morgan fingerprint density at radius 2 is 1.65 bits per heavy atom. The highest BCUT2D eigenvalue weighted by molar-refractivity contribution is 7.45. The van der Waals surface area contributed by atoms with Crippen molar-refractivity contribution in [2.75, 3.05) is 26.7 Å². The monoisotopic (exact) mass is 443 g/mol. The molecule has 2 atom stereocenters. The zero-order valence-electron chi connectivity index (χ0n) is 17.9. The Morgan fingerprint density at radius 3 is 2.23 bits per heavy atom. The van der Waals surface area contributed by atoms with Crippen molar-refractivity contribution in [3.05, 3.63) is 77.4 Å². The lowest BCUT2D eigenvalue weighted by molar-refractivity contribution is 0.179. The summed E-state index contributed by atoms with van der Waals surface area (Å²) in [6.45, 7) is 5.26. The molecule has 7 nitrogen and oxygen atoms in total. The largest absolute Gasteiger partial charge is 0.466 e. The van der Waals surface area contributed by atoms with Crippen molar-refractivity contribution in [3.63, 3.8) is 0 Å². The highest BCUT2D eigenvalue weighted by Gasteiger charge is 2.42. The molecule has 0 aromatic heterocycles. The highest BCUT2D eigenvalue weighted by atomic mass is 31.2. The first kappa shape index (κ1) is 23.4. The van der Waals surface area contributed by atoms with E-state index < -0.39 is 7.82 Å². The van der Waals surface area contributed by atoms with Gasteiger partial charge in [0.25, 0.3) is 0 Å². The van der Waals surface area contributed by atoms with E-state index in [4.69, 9.17) is 24.3 Å². The van der Waals surface area contributed by atoms with E-state index in [0.717, 1.165) is 26.1 Å². The van der Waals surface area contributed by atoms with E-state index in [1.54, 1.807) is 0 Å². The number of benzene rings is 2. The molecule has 1 saturated heterocycles. The third-order valence-corrected chi connectivity index (χ3v) is 5.30. The molecule has 0 aliphatic carbocycles. The standard InChI is InChI=1S/C23H27N3.H3O4P/c1-3-14-26-23(19-12-8-5-9-13-19)21-17-25(2)16-20(22(21)24-26)15-18-10-6-4-7-11-18;1-5(2,3)4/h4-13,15,21,23H,3,14,16-17H2,1-2H3;(H3,1,2,3,4)/b20-15-;. The van der Waals surface area contributed by atoms with Crippen molar-refractivity contribution in [1.29, 1.82) is 0 Å². The molecule has 0 amide bonds. The van der Waals surface area contributed by atoms with Crippen LogP contribution in [0, 0.1) is 5.92 Å². The second-order valence-corrected chi connectivity index (χ2v) is 8.93. The summed E-state index contributed by atoms with van der Waals surface area (Å²) in [4.78, 5) is 24.0. The first-order valence-corrected chi connectivity index (χ1v) is 12.0. The Bertz CT molecular complexity index is 951. The highest BCUT2D eigenvalue weighted by Crippen LogP contribution is 2.40. The first-order chi connectivity index (χ1) is 14.8. The van der Waals surface area contributed by atoms with Gasteiger partial charge in [-0.1, -0.05) is 67.6 Å². The molecule has 2 aliphatic rings. The molecule has 0 bridgehead atoms. The van der Waals surface area contributed by atoms with Gasteiger partial charge in [-0.05, 0) is 36.2 Å². The van der Waals surface area contributed by atoms with Crippen LogP contribution >= 0.6 is 7.82 Å². The van der Waals surface area contributed by atoms with Gasteiger partial charge < -0.3 is 19.6 Å². The summed E-state index contributed by atoms with van der Waals surface area (Å²) in [6, 6.07) is 21.8. The van der Waals surface area contributed by atoms with Gasteiger partial charge >= 0.3 is 7.82 Å². The van der Waals surface area contributed by atoms with Gasteiger partial charge in [0.2, 0.25) is 0 Å². The quantitative estimate of drug-likeness (QED) is 0.626. The maximum atomic E-state index is 8.88. The zero-order chi connectivity index (χ0) is 22.4. The van der Waals surface area contributed by atoms with E-state index in [1.165, 1.54) is 22.4 Å². The SMILES string of the molecule is CCCN1N=C2/C(=C\c3ccccc3)CN(C)CC2C1c1ccccc1.O=P(O)(O)O. The molecule has 1 fully saturated rings. The number of likely N-dealkylation sites (tertiary alicyclic amines) is 1. The predicted molar refractivity (Wildman–Crippen MR) is 123 cm³/mol. The summed E-state index contributed by atoms with van der Waals surface area (Å²) in [5.41, 5.74) is 5.27. The molecule has 4 rings (SSSR count). The van der Waals surface area contributed by atoms with Crippen LogP contribution in [-0.4, -0.2) is 57.0 Å².